The second-order valence-electron chi connectivity index (χ2n) is 1.31. The van der Waals surface area contributed by atoms with E-state index < -0.39 is 0 Å². The van der Waals surface area contributed by atoms with Gasteiger partial charge in [-0.25, -0.2) is 0 Å². The average Bonchev–Trinajstić information content (AvgIpc) is 1.90. The highest BCUT2D eigenvalue weighted by atomic mass is 32.2. The summed E-state index contributed by atoms with van der Waals surface area (Å²) in [5.74, 6) is 2.83. The monoisotopic (exact) mass is 124 g/mol. The summed E-state index contributed by atoms with van der Waals surface area (Å²) < 4.78 is 0. The third-order valence-corrected chi connectivity index (χ3v) is 1.51. The predicted octanol–water partition coefficient (Wildman–Crippen LogP) is 1.17. The fourth-order valence-corrected chi connectivity index (χ4v) is 0.890. The molecule has 0 spiro atoms. The number of thioether (sulfide) groups is 1. The average molecular weight is 124 g/mol. The topological polar surface area (TPSA) is 17.1 Å². The van der Waals surface area contributed by atoms with Crippen molar-refractivity contribution in [2.75, 3.05) is 0 Å². The smallest absolute Gasteiger partial charge is 0.157 e. The van der Waals surface area contributed by atoms with Crippen LogP contribution in [0.2, 0.25) is 0 Å². The van der Waals surface area contributed by atoms with Gasteiger partial charge < -0.3 is 0 Å². The maximum Gasteiger partial charge on any atom is 0.157 e. The van der Waals surface area contributed by atoms with Crippen LogP contribution in [-0.2, 0) is 4.79 Å². The van der Waals surface area contributed by atoms with Crippen molar-refractivity contribution in [3.63, 3.8) is 0 Å². The van der Waals surface area contributed by atoms with Gasteiger partial charge in [0, 0.05) is 6.42 Å². The Bertz CT molecular complexity index is 182. The Morgan fingerprint density at radius 2 is 2.75 bits per heavy atom. The number of carbonyl (C=O) groups excluding carboxylic acids is 1. The predicted molar refractivity (Wildman–Crippen MR) is 34.1 cm³/mol. The second-order valence-corrected chi connectivity index (χ2v) is 2.19. The molecule has 8 heavy (non-hydrogen) atoms. The molecule has 0 amide bonds. The summed E-state index contributed by atoms with van der Waals surface area (Å²) in [7, 11) is 0. The summed E-state index contributed by atoms with van der Waals surface area (Å²) in [6, 6.07) is 0. The maximum absolute atomic E-state index is 10.0. The van der Waals surface area contributed by atoms with E-state index in [1.54, 1.807) is 0 Å². The zero-order valence-electron chi connectivity index (χ0n) is 4.18. The molecule has 0 aromatic heterocycles. The number of hydrogen-bond donors (Lipinski definition) is 0. The minimum absolute atomic E-state index is 0.723. The molecule has 0 radical (unpaired) electrons. The molecule has 40 valence electrons. The molecular formula is C6H4OS. The van der Waals surface area contributed by atoms with Crippen LogP contribution < -0.4 is 0 Å². The van der Waals surface area contributed by atoms with Gasteiger partial charge in [-0.1, -0.05) is 12.0 Å². The number of carbonyl (C=O) groups is 1. The van der Waals surface area contributed by atoms with Crippen LogP contribution in [0.15, 0.2) is 11.0 Å². The second kappa shape index (κ2) is 2.58. The van der Waals surface area contributed by atoms with Crippen LogP contribution in [0.4, 0.5) is 0 Å². The largest absolute Gasteiger partial charge is 0.297 e. The maximum atomic E-state index is 10.0. The van der Waals surface area contributed by atoms with Crippen molar-refractivity contribution in [2.45, 2.75) is 6.42 Å². The summed E-state index contributed by atoms with van der Waals surface area (Å²) >= 11 is 1.30. The van der Waals surface area contributed by atoms with Crippen molar-refractivity contribution in [1.82, 2.24) is 0 Å². The van der Waals surface area contributed by atoms with E-state index in [4.69, 9.17) is 0 Å². The zero-order chi connectivity index (χ0) is 5.82. The first-order valence-corrected chi connectivity index (χ1v) is 3.05. The van der Waals surface area contributed by atoms with Crippen molar-refractivity contribution in [3.8, 4) is 11.2 Å². The molecule has 0 aromatic carbocycles. The van der Waals surface area contributed by atoms with Crippen molar-refractivity contribution in [3.05, 3.63) is 11.0 Å². The van der Waals surface area contributed by atoms with Gasteiger partial charge in [-0.3, -0.25) is 4.79 Å². The minimum atomic E-state index is 0.723. The summed E-state index contributed by atoms with van der Waals surface area (Å²) in [5, 5.41) is 2.75. The van der Waals surface area contributed by atoms with Crippen LogP contribution >= 0.6 is 11.8 Å². The highest BCUT2D eigenvalue weighted by molar-refractivity contribution is 8.08. The molecule has 2 heteroatoms. The van der Waals surface area contributed by atoms with Gasteiger partial charge in [0.15, 0.2) is 6.29 Å². The first-order valence-electron chi connectivity index (χ1n) is 2.23. The zero-order valence-corrected chi connectivity index (χ0v) is 4.99. The SMILES string of the molecule is O=CC1=CCC#CS1. The summed E-state index contributed by atoms with van der Waals surface area (Å²) in [6.07, 6.45) is 3.38. The molecule has 1 aliphatic heterocycles. The minimum Gasteiger partial charge on any atom is -0.297 e. The highest BCUT2D eigenvalue weighted by Crippen LogP contribution is 2.14. The Balaban J connectivity index is 2.61. The third-order valence-electron chi connectivity index (χ3n) is 0.763. The molecule has 0 unspecified atom stereocenters. The van der Waals surface area contributed by atoms with Crippen LogP contribution in [0, 0.1) is 11.2 Å². The molecule has 0 atom stereocenters. The Morgan fingerprint density at radius 1 is 1.88 bits per heavy atom. The lowest BCUT2D eigenvalue weighted by Gasteiger charge is -1.91. The van der Waals surface area contributed by atoms with Gasteiger partial charge in [0.1, 0.15) is 0 Å². The fourth-order valence-electron chi connectivity index (χ4n) is 0.402. The first-order chi connectivity index (χ1) is 3.93. The van der Waals surface area contributed by atoms with Crippen LogP contribution in [-0.4, -0.2) is 6.29 Å². The number of hydrogen-bond acceptors (Lipinski definition) is 2. The lowest BCUT2D eigenvalue weighted by molar-refractivity contribution is -0.104. The van der Waals surface area contributed by atoms with Gasteiger partial charge in [-0.05, 0) is 17.0 Å². The Hall–Kier alpha value is -0.680. The van der Waals surface area contributed by atoms with Crippen LogP contribution in [0.25, 0.3) is 0 Å². The van der Waals surface area contributed by atoms with E-state index in [1.165, 1.54) is 11.8 Å². The number of rotatable bonds is 1. The highest BCUT2D eigenvalue weighted by Gasteiger charge is 1.93. The Labute approximate surface area is 52.2 Å². The number of aldehydes is 1. The van der Waals surface area contributed by atoms with Gasteiger partial charge in [-0.2, -0.15) is 0 Å². The van der Waals surface area contributed by atoms with E-state index >= 15 is 0 Å². The third kappa shape index (κ3) is 1.14. The van der Waals surface area contributed by atoms with Gasteiger partial charge in [0.05, 0.1) is 4.91 Å². The van der Waals surface area contributed by atoms with Gasteiger partial charge in [0.25, 0.3) is 0 Å². The van der Waals surface area contributed by atoms with Crippen molar-refractivity contribution < 1.29 is 4.79 Å². The molecule has 0 aliphatic carbocycles. The standard InChI is InChI=1S/C6H4OS/c7-5-6-3-1-2-4-8-6/h3,5H,1H2. The van der Waals surface area contributed by atoms with Crippen molar-refractivity contribution in [1.29, 1.82) is 0 Å². The molecule has 0 saturated carbocycles. The molecule has 0 aromatic rings. The molecule has 0 N–H and O–H groups in total. The van der Waals surface area contributed by atoms with E-state index in [-0.39, 0.29) is 0 Å². The molecule has 0 saturated heterocycles. The quantitative estimate of drug-likeness (QED) is 0.385. The van der Waals surface area contributed by atoms with Gasteiger partial charge in [0.2, 0.25) is 0 Å². The molecule has 1 aliphatic rings. The van der Waals surface area contributed by atoms with Crippen molar-refractivity contribution in [2.24, 2.45) is 0 Å². The summed E-state index contributed by atoms with van der Waals surface area (Å²) in [6.45, 7) is 0. The summed E-state index contributed by atoms with van der Waals surface area (Å²) in [5.41, 5.74) is 0. The molecular weight excluding hydrogens is 120 g/mol. The van der Waals surface area contributed by atoms with Crippen molar-refractivity contribution >= 4 is 18.0 Å². The van der Waals surface area contributed by atoms with E-state index in [1.807, 2.05) is 6.08 Å². The van der Waals surface area contributed by atoms with Gasteiger partial charge in [-0.15, -0.1) is 0 Å². The lowest BCUT2D eigenvalue weighted by Crippen LogP contribution is -1.78. The van der Waals surface area contributed by atoms with Gasteiger partial charge >= 0.3 is 0 Å². The summed E-state index contributed by atoms with van der Waals surface area (Å²) in [4.78, 5) is 10.7. The van der Waals surface area contributed by atoms with Crippen LogP contribution in [0.5, 0.6) is 0 Å². The van der Waals surface area contributed by atoms with E-state index in [9.17, 15) is 4.79 Å². The van der Waals surface area contributed by atoms with Crippen LogP contribution in [0.1, 0.15) is 6.42 Å². The fraction of sp³-hybridized carbons (Fsp3) is 0.167. The number of allylic oxidation sites excluding steroid dienone is 2. The molecule has 1 nitrogen and oxygen atoms in total. The molecule has 1 heterocycles. The van der Waals surface area contributed by atoms with E-state index in [2.05, 4.69) is 11.2 Å². The Kier molecular flexibility index (Phi) is 1.76. The lowest BCUT2D eigenvalue weighted by atomic mass is 10.4. The van der Waals surface area contributed by atoms with E-state index in [0.29, 0.717) is 0 Å². The molecule has 0 fully saturated rings. The normalized spacial score (nSPS) is 15.8. The Morgan fingerprint density at radius 3 is 3.12 bits per heavy atom. The molecule has 0 bridgehead atoms. The first kappa shape index (κ1) is 5.46. The molecule has 1 rings (SSSR count). The van der Waals surface area contributed by atoms with Crippen LogP contribution in [0.3, 0.4) is 0 Å². The van der Waals surface area contributed by atoms with E-state index in [0.717, 1.165) is 17.6 Å².